The molecule has 1 saturated carbocycles. The minimum absolute atomic E-state index is 0.527. The van der Waals surface area contributed by atoms with Crippen LogP contribution in [-0.2, 0) is 0 Å². The molecule has 1 aliphatic carbocycles. The van der Waals surface area contributed by atoms with Crippen molar-refractivity contribution in [2.45, 2.75) is 44.4 Å². The van der Waals surface area contributed by atoms with Gasteiger partial charge in [-0.05, 0) is 48.6 Å². The van der Waals surface area contributed by atoms with Crippen molar-refractivity contribution in [3.05, 3.63) is 5.82 Å². The van der Waals surface area contributed by atoms with Crippen LogP contribution in [0.2, 0.25) is 0 Å². The molecule has 2 rings (SSSR count). The predicted molar refractivity (Wildman–Crippen MR) is 57.2 cm³/mol. The minimum atomic E-state index is 0.527. The quantitative estimate of drug-likeness (QED) is 0.767. The molecular weight excluding hydrogens is 190 g/mol. The van der Waals surface area contributed by atoms with Crippen molar-refractivity contribution >= 4 is 0 Å². The van der Waals surface area contributed by atoms with Crippen molar-refractivity contribution < 1.29 is 0 Å². The molecule has 1 fully saturated rings. The Kier molecular flexibility index (Phi) is 3.66. The third-order valence-corrected chi connectivity index (χ3v) is 3.41. The summed E-state index contributed by atoms with van der Waals surface area (Å²) in [4.78, 5) is 0. The lowest BCUT2D eigenvalue weighted by molar-refractivity contribution is 0.358. The number of nitrogens with two attached hydrogens (primary N) is 1. The van der Waals surface area contributed by atoms with Gasteiger partial charge in [0.25, 0.3) is 0 Å². The molecule has 1 aromatic rings. The Hall–Kier alpha value is -0.970. The standard InChI is InChI=1S/C10H19N5/c11-7-8-3-1-5-9(6-2-4-8)10-12-14-15-13-10/h8-9H,1-7,11H2,(H,12,13,14,15). The summed E-state index contributed by atoms with van der Waals surface area (Å²) in [5.74, 6) is 2.22. The maximum Gasteiger partial charge on any atom is 0.151 e. The average molecular weight is 209 g/mol. The first-order chi connectivity index (χ1) is 7.40. The fourth-order valence-corrected chi connectivity index (χ4v) is 2.44. The molecule has 0 unspecified atom stereocenters. The summed E-state index contributed by atoms with van der Waals surface area (Å²) in [6.07, 6.45) is 7.38. The Morgan fingerprint density at radius 1 is 1.20 bits per heavy atom. The number of hydrogen-bond acceptors (Lipinski definition) is 4. The average Bonchev–Trinajstić information content (AvgIpc) is 2.71. The normalized spacial score (nSPS) is 28.3. The molecule has 0 saturated heterocycles. The third kappa shape index (κ3) is 2.75. The number of H-pyrrole nitrogens is 1. The Morgan fingerprint density at radius 3 is 2.47 bits per heavy atom. The van der Waals surface area contributed by atoms with Crippen molar-refractivity contribution in [3.8, 4) is 0 Å². The van der Waals surface area contributed by atoms with Gasteiger partial charge in [0.15, 0.2) is 5.82 Å². The van der Waals surface area contributed by atoms with Gasteiger partial charge in [-0.1, -0.05) is 12.8 Å². The molecule has 0 spiro atoms. The van der Waals surface area contributed by atoms with E-state index >= 15 is 0 Å². The second-order valence-electron chi connectivity index (χ2n) is 4.45. The van der Waals surface area contributed by atoms with Crippen LogP contribution < -0.4 is 5.73 Å². The smallest absolute Gasteiger partial charge is 0.151 e. The van der Waals surface area contributed by atoms with Crippen molar-refractivity contribution in [2.24, 2.45) is 11.7 Å². The van der Waals surface area contributed by atoms with Gasteiger partial charge in [0.05, 0.1) is 0 Å². The van der Waals surface area contributed by atoms with Gasteiger partial charge in [-0.25, -0.2) is 5.10 Å². The van der Waals surface area contributed by atoms with Gasteiger partial charge in [-0.15, -0.1) is 5.10 Å². The number of aromatic amines is 1. The van der Waals surface area contributed by atoms with Crippen molar-refractivity contribution in [2.75, 3.05) is 6.54 Å². The fourth-order valence-electron chi connectivity index (χ4n) is 2.44. The van der Waals surface area contributed by atoms with E-state index in [1.807, 2.05) is 0 Å². The summed E-state index contributed by atoms with van der Waals surface area (Å²) in [6, 6.07) is 0. The van der Waals surface area contributed by atoms with E-state index in [1.54, 1.807) is 0 Å². The van der Waals surface area contributed by atoms with Gasteiger partial charge in [0.1, 0.15) is 0 Å². The van der Waals surface area contributed by atoms with Crippen LogP contribution in [0.5, 0.6) is 0 Å². The number of nitrogens with one attached hydrogen (secondary N) is 1. The van der Waals surface area contributed by atoms with Crippen LogP contribution in [0.1, 0.15) is 50.3 Å². The lowest BCUT2D eigenvalue weighted by atomic mass is 9.85. The van der Waals surface area contributed by atoms with E-state index in [0.717, 1.165) is 18.3 Å². The lowest BCUT2D eigenvalue weighted by Gasteiger charge is -2.21. The highest BCUT2D eigenvalue weighted by atomic mass is 15.5. The van der Waals surface area contributed by atoms with E-state index in [1.165, 1.54) is 38.5 Å². The zero-order chi connectivity index (χ0) is 10.5. The van der Waals surface area contributed by atoms with E-state index in [-0.39, 0.29) is 0 Å². The first-order valence-corrected chi connectivity index (χ1v) is 5.84. The summed E-state index contributed by atoms with van der Waals surface area (Å²) in [7, 11) is 0. The molecule has 5 heteroatoms. The maximum atomic E-state index is 5.71. The minimum Gasteiger partial charge on any atom is -0.330 e. The molecule has 15 heavy (non-hydrogen) atoms. The Balaban J connectivity index is 1.89. The molecule has 3 N–H and O–H groups in total. The van der Waals surface area contributed by atoms with Crippen LogP contribution in [-0.4, -0.2) is 27.2 Å². The van der Waals surface area contributed by atoms with E-state index in [0.29, 0.717) is 5.92 Å². The molecule has 1 aromatic heterocycles. The van der Waals surface area contributed by atoms with E-state index in [9.17, 15) is 0 Å². The van der Waals surface area contributed by atoms with Crippen LogP contribution in [0.4, 0.5) is 0 Å². The Labute approximate surface area is 89.8 Å². The first kappa shape index (κ1) is 10.5. The largest absolute Gasteiger partial charge is 0.330 e. The molecule has 0 atom stereocenters. The highest BCUT2D eigenvalue weighted by molar-refractivity contribution is 4.91. The van der Waals surface area contributed by atoms with Gasteiger partial charge < -0.3 is 5.73 Å². The van der Waals surface area contributed by atoms with E-state index in [4.69, 9.17) is 5.73 Å². The zero-order valence-electron chi connectivity index (χ0n) is 9.02. The number of aromatic nitrogens is 4. The molecule has 1 heterocycles. The van der Waals surface area contributed by atoms with Crippen LogP contribution in [0, 0.1) is 5.92 Å². The summed E-state index contributed by atoms with van der Waals surface area (Å²) in [6.45, 7) is 0.842. The lowest BCUT2D eigenvalue weighted by Crippen LogP contribution is -2.17. The second-order valence-corrected chi connectivity index (χ2v) is 4.45. The van der Waals surface area contributed by atoms with Crippen molar-refractivity contribution in [3.63, 3.8) is 0 Å². The number of nitrogens with zero attached hydrogens (tertiary/aromatic N) is 3. The topological polar surface area (TPSA) is 80.5 Å². The van der Waals surface area contributed by atoms with Crippen LogP contribution in [0.3, 0.4) is 0 Å². The van der Waals surface area contributed by atoms with Gasteiger partial charge in [0, 0.05) is 5.92 Å². The number of tetrazole rings is 1. The number of hydrogen-bond donors (Lipinski definition) is 2. The van der Waals surface area contributed by atoms with Gasteiger partial charge in [-0.3, -0.25) is 0 Å². The summed E-state index contributed by atoms with van der Waals surface area (Å²) < 4.78 is 0. The van der Waals surface area contributed by atoms with Gasteiger partial charge in [0.2, 0.25) is 0 Å². The van der Waals surface area contributed by atoms with Gasteiger partial charge >= 0.3 is 0 Å². The highest BCUT2D eigenvalue weighted by Crippen LogP contribution is 2.30. The summed E-state index contributed by atoms with van der Waals surface area (Å²) in [5, 5.41) is 14.2. The summed E-state index contributed by atoms with van der Waals surface area (Å²) >= 11 is 0. The van der Waals surface area contributed by atoms with Crippen LogP contribution >= 0.6 is 0 Å². The molecule has 1 aliphatic rings. The molecule has 0 amide bonds. The number of rotatable bonds is 2. The second kappa shape index (κ2) is 5.21. The summed E-state index contributed by atoms with van der Waals surface area (Å²) in [5.41, 5.74) is 5.71. The maximum absolute atomic E-state index is 5.71. The SMILES string of the molecule is NCC1CCCC(c2nnn[nH]2)CCC1. The third-order valence-electron chi connectivity index (χ3n) is 3.41. The first-order valence-electron chi connectivity index (χ1n) is 5.84. The Morgan fingerprint density at radius 2 is 1.93 bits per heavy atom. The fraction of sp³-hybridized carbons (Fsp3) is 0.900. The highest BCUT2D eigenvalue weighted by Gasteiger charge is 2.19. The molecule has 0 radical (unpaired) electrons. The molecule has 84 valence electrons. The monoisotopic (exact) mass is 209 g/mol. The van der Waals surface area contributed by atoms with E-state index < -0.39 is 0 Å². The van der Waals surface area contributed by atoms with Crippen molar-refractivity contribution in [1.82, 2.24) is 20.6 Å². The predicted octanol–water partition coefficient (Wildman–Crippen LogP) is 1.21. The molecule has 0 aliphatic heterocycles. The Bertz CT molecular complexity index is 261. The molecular formula is C10H19N5. The molecule has 0 aromatic carbocycles. The van der Waals surface area contributed by atoms with Crippen molar-refractivity contribution in [1.29, 1.82) is 0 Å². The van der Waals surface area contributed by atoms with Crippen LogP contribution in [0.25, 0.3) is 0 Å². The molecule has 5 nitrogen and oxygen atoms in total. The molecule has 0 bridgehead atoms. The zero-order valence-corrected chi connectivity index (χ0v) is 9.02. The van der Waals surface area contributed by atoms with Crippen LogP contribution in [0.15, 0.2) is 0 Å². The van der Waals surface area contributed by atoms with E-state index in [2.05, 4.69) is 20.6 Å². The van der Waals surface area contributed by atoms with Gasteiger partial charge in [-0.2, -0.15) is 0 Å².